The Labute approximate surface area is 62.3 Å². The lowest BCUT2D eigenvalue weighted by molar-refractivity contribution is -0.107. The summed E-state index contributed by atoms with van der Waals surface area (Å²) < 4.78 is 0. The molecule has 1 aliphatic carbocycles. The Morgan fingerprint density at radius 2 is 2.30 bits per heavy atom. The van der Waals surface area contributed by atoms with E-state index in [0.29, 0.717) is 0 Å². The summed E-state index contributed by atoms with van der Waals surface area (Å²) in [4.78, 5) is 4.95. The highest BCUT2D eigenvalue weighted by Crippen LogP contribution is 2.17. The summed E-state index contributed by atoms with van der Waals surface area (Å²) in [6.07, 6.45) is 2.72. The number of hydroxylamine groups is 2. The van der Waals surface area contributed by atoms with Crippen molar-refractivity contribution >= 4 is 0 Å². The fourth-order valence-electron chi connectivity index (χ4n) is 0.805. The molecule has 0 radical (unpaired) electrons. The normalized spacial score (nSPS) is 18.3. The van der Waals surface area contributed by atoms with Gasteiger partial charge in [-0.1, -0.05) is 0 Å². The molecule has 0 heterocycles. The van der Waals surface area contributed by atoms with E-state index in [1.807, 2.05) is 12.1 Å². The van der Waals surface area contributed by atoms with E-state index in [4.69, 9.17) is 4.84 Å². The fourth-order valence-corrected chi connectivity index (χ4v) is 0.805. The standard InChI is InChI=1S/C7H16N2O/c1-9(10-2)6-5-8-7-3-4-7/h7-8H,3-6H2,1-2H3. The molecule has 0 spiro atoms. The van der Waals surface area contributed by atoms with Gasteiger partial charge in [-0.2, -0.15) is 5.06 Å². The van der Waals surface area contributed by atoms with Gasteiger partial charge in [-0.3, -0.25) is 0 Å². The molecule has 1 saturated carbocycles. The summed E-state index contributed by atoms with van der Waals surface area (Å²) in [7, 11) is 3.63. The summed E-state index contributed by atoms with van der Waals surface area (Å²) in [5.41, 5.74) is 0. The van der Waals surface area contributed by atoms with Crippen molar-refractivity contribution in [3.05, 3.63) is 0 Å². The minimum atomic E-state index is 0.810. The maximum absolute atomic E-state index is 4.95. The van der Waals surface area contributed by atoms with Gasteiger partial charge in [-0.15, -0.1) is 0 Å². The molecule has 3 heteroatoms. The van der Waals surface area contributed by atoms with Crippen LogP contribution in [-0.2, 0) is 4.84 Å². The lowest BCUT2D eigenvalue weighted by atomic mass is 10.6. The number of nitrogens with one attached hydrogen (secondary N) is 1. The Morgan fingerprint density at radius 1 is 1.60 bits per heavy atom. The topological polar surface area (TPSA) is 24.5 Å². The molecule has 1 aliphatic rings. The van der Waals surface area contributed by atoms with Crippen molar-refractivity contribution in [3.63, 3.8) is 0 Å². The highest BCUT2D eigenvalue weighted by atomic mass is 16.7. The molecule has 0 aliphatic heterocycles. The van der Waals surface area contributed by atoms with Crippen molar-refractivity contribution in [1.29, 1.82) is 0 Å². The van der Waals surface area contributed by atoms with Gasteiger partial charge in [-0.25, -0.2) is 0 Å². The minimum absolute atomic E-state index is 0.810. The van der Waals surface area contributed by atoms with Crippen LogP contribution < -0.4 is 5.32 Å². The molecule has 0 unspecified atom stereocenters. The van der Waals surface area contributed by atoms with E-state index >= 15 is 0 Å². The average molecular weight is 144 g/mol. The van der Waals surface area contributed by atoms with E-state index in [2.05, 4.69) is 5.32 Å². The van der Waals surface area contributed by atoms with Gasteiger partial charge in [0.25, 0.3) is 0 Å². The Balaban J connectivity index is 1.83. The maximum atomic E-state index is 4.95. The summed E-state index contributed by atoms with van der Waals surface area (Å²) in [6.45, 7) is 2.00. The predicted octanol–water partition coefficient (Wildman–Crippen LogP) is 0.232. The third kappa shape index (κ3) is 3.15. The monoisotopic (exact) mass is 144 g/mol. The van der Waals surface area contributed by atoms with Gasteiger partial charge >= 0.3 is 0 Å². The van der Waals surface area contributed by atoms with E-state index in [1.165, 1.54) is 12.8 Å². The number of nitrogens with zero attached hydrogens (tertiary/aromatic N) is 1. The van der Waals surface area contributed by atoms with Crippen molar-refractivity contribution in [2.75, 3.05) is 27.2 Å². The lowest BCUT2D eigenvalue weighted by Gasteiger charge is -2.12. The molecule has 0 atom stereocenters. The zero-order chi connectivity index (χ0) is 7.40. The molecule has 10 heavy (non-hydrogen) atoms. The first-order chi connectivity index (χ1) is 4.83. The van der Waals surface area contributed by atoms with E-state index in [9.17, 15) is 0 Å². The van der Waals surface area contributed by atoms with Gasteiger partial charge in [0.2, 0.25) is 0 Å². The van der Waals surface area contributed by atoms with Gasteiger partial charge in [0.1, 0.15) is 0 Å². The fraction of sp³-hybridized carbons (Fsp3) is 1.00. The summed E-state index contributed by atoms with van der Waals surface area (Å²) in [5, 5.41) is 5.23. The number of hydrogen-bond donors (Lipinski definition) is 1. The molecule has 0 bridgehead atoms. The largest absolute Gasteiger partial charge is 0.313 e. The molecule has 1 rings (SSSR count). The SMILES string of the molecule is CON(C)CCNC1CC1. The van der Waals surface area contributed by atoms with Crippen LogP contribution in [0, 0.1) is 0 Å². The summed E-state index contributed by atoms with van der Waals surface area (Å²) >= 11 is 0. The molecule has 0 aromatic carbocycles. The minimum Gasteiger partial charge on any atom is -0.313 e. The van der Waals surface area contributed by atoms with E-state index < -0.39 is 0 Å². The molecule has 60 valence electrons. The first-order valence-corrected chi connectivity index (χ1v) is 3.81. The summed E-state index contributed by atoms with van der Waals surface area (Å²) in [6, 6.07) is 0.810. The van der Waals surface area contributed by atoms with Gasteiger partial charge in [0.05, 0.1) is 7.11 Å². The second kappa shape index (κ2) is 3.91. The van der Waals surface area contributed by atoms with E-state index in [1.54, 1.807) is 7.11 Å². The molecule has 3 nitrogen and oxygen atoms in total. The van der Waals surface area contributed by atoms with Crippen LogP contribution >= 0.6 is 0 Å². The Bertz CT molecular complexity index is 93.6. The van der Waals surface area contributed by atoms with Gasteiger partial charge in [0.15, 0.2) is 0 Å². The number of hydrogen-bond acceptors (Lipinski definition) is 3. The third-order valence-electron chi connectivity index (χ3n) is 1.75. The van der Waals surface area contributed by atoms with Crippen LogP contribution in [0.15, 0.2) is 0 Å². The second-order valence-electron chi connectivity index (χ2n) is 2.76. The third-order valence-corrected chi connectivity index (χ3v) is 1.75. The lowest BCUT2D eigenvalue weighted by Crippen LogP contribution is -2.29. The molecule has 1 N–H and O–H groups in total. The first-order valence-electron chi connectivity index (χ1n) is 3.81. The predicted molar refractivity (Wildman–Crippen MR) is 40.7 cm³/mol. The summed E-state index contributed by atoms with van der Waals surface area (Å²) in [5.74, 6) is 0. The Morgan fingerprint density at radius 3 is 2.80 bits per heavy atom. The molecule has 0 aromatic heterocycles. The van der Waals surface area contributed by atoms with Gasteiger partial charge in [-0.05, 0) is 12.8 Å². The number of likely N-dealkylation sites (N-methyl/N-ethyl adjacent to an activating group) is 1. The van der Waals surface area contributed by atoms with Crippen LogP contribution in [0.2, 0.25) is 0 Å². The molecule has 0 amide bonds. The van der Waals surface area contributed by atoms with Crippen LogP contribution in [0.1, 0.15) is 12.8 Å². The van der Waals surface area contributed by atoms with Crippen LogP contribution in [0.25, 0.3) is 0 Å². The molecule has 0 saturated heterocycles. The van der Waals surface area contributed by atoms with Gasteiger partial charge < -0.3 is 10.2 Å². The van der Waals surface area contributed by atoms with Crippen molar-refractivity contribution in [1.82, 2.24) is 10.4 Å². The van der Waals surface area contributed by atoms with Gasteiger partial charge in [0, 0.05) is 26.2 Å². The van der Waals surface area contributed by atoms with Crippen LogP contribution in [0.5, 0.6) is 0 Å². The second-order valence-corrected chi connectivity index (χ2v) is 2.76. The maximum Gasteiger partial charge on any atom is 0.0575 e. The molecule has 0 aromatic rings. The first kappa shape index (κ1) is 7.98. The highest BCUT2D eigenvalue weighted by molar-refractivity contribution is 4.80. The quantitative estimate of drug-likeness (QED) is 0.559. The Hall–Kier alpha value is -0.120. The van der Waals surface area contributed by atoms with Crippen molar-refractivity contribution in [2.45, 2.75) is 18.9 Å². The van der Waals surface area contributed by atoms with E-state index in [-0.39, 0.29) is 0 Å². The van der Waals surface area contributed by atoms with E-state index in [0.717, 1.165) is 19.1 Å². The van der Waals surface area contributed by atoms with Crippen LogP contribution in [0.4, 0.5) is 0 Å². The number of rotatable bonds is 5. The Kier molecular flexibility index (Phi) is 3.12. The molecular formula is C7H16N2O. The van der Waals surface area contributed by atoms with Crippen molar-refractivity contribution in [3.8, 4) is 0 Å². The van der Waals surface area contributed by atoms with Crippen LogP contribution in [-0.4, -0.2) is 38.4 Å². The zero-order valence-electron chi connectivity index (χ0n) is 6.76. The average Bonchev–Trinajstić information content (AvgIpc) is 2.71. The van der Waals surface area contributed by atoms with Crippen molar-refractivity contribution in [2.24, 2.45) is 0 Å². The smallest absolute Gasteiger partial charge is 0.0575 e. The highest BCUT2D eigenvalue weighted by Gasteiger charge is 2.19. The zero-order valence-corrected chi connectivity index (χ0v) is 6.76. The van der Waals surface area contributed by atoms with Crippen molar-refractivity contribution < 1.29 is 4.84 Å². The van der Waals surface area contributed by atoms with Crippen LogP contribution in [0.3, 0.4) is 0 Å². The molecular weight excluding hydrogens is 128 g/mol. The molecule has 1 fully saturated rings.